The zero-order valence-electron chi connectivity index (χ0n) is 38.0. The average molecular weight is 843 g/mol. The molecule has 0 radical (unpaired) electrons. The van der Waals surface area contributed by atoms with Gasteiger partial charge >= 0.3 is 0 Å². The Morgan fingerprint density at radius 1 is 0.369 bits per heavy atom. The summed E-state index contributed by atoms with van der Waals surface area (Å²) in [5.74, 6) is 0.326. The SMILES string of the molecule is Cc1ccccc1N(c1ccc2ccc3c(N(c4ccccc4C)c4cccc5c4oc4c(C(C)(C)C)cccc45)ccc4ccc1c2c43)c1cccc2c1oc1c(C(C)C)cccc12. The highest BCUT2D eigenvalue weighted by atomic mass is 16.3. The van der Waals surface area contributed by atoms with Gasteiger partial charge in [0, 0.05) is 49.3 Å². The molecule has 10 aromatic carbocycles. The van der Waals surface area contributed by atoms with Gasteiger partial charge in [-0.3, -0.25) is 0 Å². The molecule has 0 atom stereocenters. The molecular formula is C61H50N2O2. The van der Waals surface area contributed by atoms with Gasteiger partial charge in [0.05, 0.1) is 22.7 Å². The number of nitrogens with zero attached hydrogens (tertiary/aromatic N) is 2. The highest BCUT2D eigenvalue weighted by Gasteiger charge is 2.28. The van der Waals surface area contributed by atoms with Crippen molar-refractivity contribution < 1.29 is 8.83 Å². The smallest absolute Gasteiger partial charge is 0.159 e. The summed E-state index contributed by atoms with van der Waals surface area (Å²) in [6.07, 6.45) is 0. The fourth-order valence-electron chi connectivity index (χ4n) is 10.6. The molecule has 0 unspecified atom stereocenters. The third-order valence-corrected chi connectivity index (χ3v) is 13.8. The predicted molar refractivity (Wildman–Crippen MR) is 276 cm³/mol. The summed E-state index contributed by atoms with van der Waals surface area (Å²) in [6.45, 7) is 15.6. The van der Waals surface area contributed by atoms with Crippen LogP contribution in [0, 0.1) is 13.8 Å². The van der Waals surface area contributed by atoms with Gasteiger partial charge in [0.25, 0.3) is 0 Å². The van der Waals surface area contributed by atoms with E-state index < -0.39 is 0 Å². The van der Waals surface area contributed by atoms with E-state index in [-0.39, 0.29) is 5.41 Å². The van der Waals surface area contributed by atoms with Crippen LogP contribution in [0.5, 0.6) is 0 Å². The number of benzene rings is 10. The summed E-state index contributed by atoms with van der Waals surface area (Å²) in [5, 5.41) is 11.7. The van der Waals surface area contributed by atoms with Crippen molar-refractivity contribution in [1.82, 2.24) is 0 Å². The lowest BCUT2D eigenvalue weighted by Gasteiger charge is -2.30. The summed E-state index contributed by atoms with van der Waals surface area (Å²) in [5.41, 5.74) is 14.8. The van der Waals surface area contributed by atoms with Crippen LogP contribution in [0.3, 0.4) is 0 Å². The van der Waals surface area contributed by atoms with Crippen molar-refractivity contribution in [2.45, 2.75) is 59.8 Å². The van der Waals surface area contributed by atoms with E-state index in [0.29, 0.717) is 5.92 Å². The first-order valence-corrected chi connectivity index (χ1v) is 22.9. The molecule has 0 spiro atoms. The number of furan rings is 2. The minimum atomic E-state index is -0.0845. The van der Waals surface area contributed by atoms with E-state index in [2.05, 4.69) is 228 Å². The van der Waals surface area contributed by atoms with Crippen LogP contribution in [0.15, 0.2) is 179 Å². The molecule has 0 N–H and O–H groups in total. The van der Waals surface area contributed by atoms with Crippen molar-refractivity contribution in [3.8, 4) is 0 Å². The Balaban J connectivity index is 1.13. The second kappa shape index (κ2) is 14.5. The molecule has 65 heavy (non-hydrogen) atoms. The summed E-state index contributed by atoms with van der Waals surface area (Å²) < 4.78 is 14.1. The maximum Gasteiger partial charge on any atom is 0.159 e. The van der Waals surface area contributed by atoms with Crippen molar-refractivity contribution in [1.29, 1.82) is 0 Å². The lowest BCUT2D eigenvalue weighted by molar-refractivity contribution is 0.573. The molecule has 4 nitrogen and oxygen atoms in total. The van der Waals surface area contributed by atoms with E-state index in [9.17, 15) is 0 Å². The summed E-state index contributed by atoms with van der Waals surface area (Å²) in [6, 6.07) is 62.1. The number of hydrogen-bond donors (Lipinski definition) is 0. The Bertz CT molecular complexity index is 3840. The number of rotatable bonds is 7. The van der Waals surface area contributed by atoms with E-state index in [1.807, 2.05) is 0 Å². The third kappa shape index (κ3) is 5.90. The highest BCUT2D eigenvalue weighted by molar-refractivity contribution is 6.29. The van der Waals surface area contributed by atoms with Gasteiger partial charge in [-0.2, -0.15) is 0 Å². The summed E-state index contributed by atoms with van der Waals surface area (Å²) >= 11 is 0. The van der Waals surface area contributed by atoms with Crippen LogP contribution < -0.4 is 9.80 Å². The Morgan fingerprint density at radius 3 is 1.28 bits per heavy atom. The largest absolute Gasteiger partial charge is 0.454 e. The van der Waals surface area contributed by atoms with E-state index >= 15 is 0 Å². The second-order valence-electron chi connectivity index (χ2n) is 19.2. The molecule has 0 saturated heterocycles. The normalized spacial score (nSPS) is 12.4. The van der Waals surface area contributed by atoms with Crippen LogP contribution in [0.2, 0.25) is 0 Å². The minimum Gasteiger partial charge on any atom is -0.454 e. The molecule has 316 valence electrons. The summed E-state index contributed by atoms with van der Waals surface area (Å²) in [7, 11) is 0. The van der Waals surface area contributed by atoms with Gasteiger partial charge in [0.15, 0.2) is 11.2 Å². The van der Waals surface area contributed by atoms with Crippen molar-refractivity contribution in [2.75, 3.05) is 9.80 Å². The van der Waals surface area contributed by atoms with Gasteiger partial charge in [-0.1, -0.05) is 168 Å². The second-order valence-corrected chi connectivity index (χ2v) is 19.2. The molecule has 12 aromatic rings. The molecule has 0 saturated carbocycles. The molecule has 4 heteroatoms. The lowest BCUT2D eigenvalue weighted by atomic mass is 9.86. The first-order valence-electron chi connectivity index (χ1n) is 22.9. The number of fused-ring (bicyclic) bond motifs is 6. The van der Waals surface area contributed by atoms with Crippen LogP contribution in [0.4, 0.5) is 34.1 Å². The average Bonchev–Trinajstić information content (AvgIpc) is 3.89. The van der Waals surface area contributed by atoms with Gasteiger partial charge in [-0.25, -0.2) is 0 Å². The number of hydrogen-bond acceptors (Lipinski definition) is 4. The Hall–Kier alpha value is -7.56. The third-order valence-electron chi connectivity index (χ3n) is 13.8. The highest BCUT2D eigenvalue weighted by Crippen LogP contribution is 2.51. The van der Waals surface area contributed by atoms with Gasteiger partial charge < -0.3 is 18.6 Å². The fraction of sp³-hybridized carbons (Fsp3) is 0.148. The molecular weight excluding hydrogens is 793 g/mol. The fourth-order valence-corrected chi connectivity index (χ4v) is 10.6. The predicted octanol–water partition coefficient (Wildman–Crippen LogP) is 18.4. The topological polar surface area (TPSA) is 32.8 Å². The first-order chi connectivity index (χ1) is 31.6. The van der Waals surface area contributed by atoms with E-state index in [4.69, 9.17) is 8.83 Å². The minimum absolute atomic E-state index is 0.0845. The summed E-state index contributed by atoms with van der Waals surface area (Å²) in [4.78, 5) is 4.85. The van der Waals surface area contributed by atoms with Crippen LogP contribution in [0.25, 0.3) is 76.2 Å². The van der Waals surface area contributed by atoms with E-state index in [0.717, 1.165) is 78.0 Å². The van der Waals surface area contributed by atoms with Crippen LogP contribution >= 0.6 is 0 Å². The molecule has 0 aliphatic carbocycles. The maximum absolute atomic E-state index is 7.08. The van der Waals surface area contributed by atoms with Gasteiger partial charge in [-0.15, -0.1) is 0 Å². The maximum atomic E-state index is 7.08. The molecule has 0 fully saturated rings. The lowest BCUT2D eigenvalue weighted by Crippen LogP contribution is -2.13. The van der Waals surface area contributed by atoms with Crippen LogP contribution in [-0.2, 0) is 5.41 Å². The first kappa shape index (κ1) is 39.1. The molecule has 2 aromatic heterocycles. The quantitative estimate of drug-likeness (QED) is 0.150. The van der Waals surface area contributed by atoms with Crippen molar-refractivity contribution in [3.05, 3.63) is 192 Å². The molecule has 0 aliphatic heterocycles. The van der Waals surface area contributed by atoms with Crippen molar-refractivity contribution in [3.63, 3.8) is 0 Å². The molecule has 0 aliphatic rings. The van der Waals surface area contributed by atoms with Gasteiger partial charge in [0.2, 0.25) is 0 Å². The molecule has 2 heterocycles. The zero-order valence-corrected chi connectivity index (χ0v) is 38.0. The number of anilines is 6. The number of para-hydroxylation sites is 6. The van der Waals surface area contributed by atoms with Crippen LogP contribution in [-0.4, -0.2) is 0 Å². The molecule has 0 bridgehead atoms. The van der Waals surface area contributed by atoms with Crippen molar-refractivity contribution >= 4 is 110 Å². The van der Waals surface area contributed by atoms with Crippen molar-refractivity contribution in [2.24, 2.45) is 0 Å². The Labute approximate surface area is 379 Å². The van der Waals surface area contributed by atoms with E-state index in [1.54, 1.807) is 0 Å². The van der Waals surface area contributed by atoms with Crippen LogP contribution in [0.1, 0.15) is 62.8 Å². The van der Waals surface area contributed by atoms with Gasteiger partial charge in [0.1, 0.15) is 11.2 Å². The standard InChI is InChI=1S/C61H50N2O2/c1-36(2)41-18-12-19-42-44-21-14-26-53(59(44)64-57(41)42)62(49-24-10-8-16-37(49)3)51-34-30-39-29-33-47-52(35-31-40-28-32-46(51)55(39)56(40)47)63(50-25-11-9-17-38(50)4)54-27-15-22-45-43-20-13-23-48(61(5,6)7)58(43)65-60(45)54/h8-36H,1-7H3. The zero-order chi connectivity index (χ0) is 44.3. The molecule has 0 amide bonds. The van der Waals surface area contributed by atoms with Gasteiger partial charge in [-0.05, 0) is 99.8 Å². The van der Waals surface area contributed by atoms with E-state index in [1.165, 1.54) is 54.6 Å². The monoisotopic (exact) mass is 842 g/mol. The number of aryl methyl sites for hydroxylation is 2. The Kier molecular flexibility index (Phi) is 8.70. The molecule has 12 rings (SSSR count). The Morgan fingerprint density at radius 2 is 0.785 bits per heavy atom.